The van der Waals surface area contributed by atoms with E-state index in [-0.39, 0.29) is 11.6 Å². The van der Waals surface area contributed by atoms with Crippen LogP contribution < -0.4 is 11.0 Å². The zero-order chi connectivity index (χ0) is 21.3. The van der Waals surface area contributed by atoms with Crippen molar-refractivity contribution in [2.75, 3.05) is 19.6 Å². The van der Waals surface area contributed by atoms with Crippen molar-refractivity contribution in [1.82, 2.24) is 19.4 Å². The van der Waals surface area contributed by atoms with E-state index in [1.807, 2.05) is 6.07 Å². The first kappa shape index (κ1) is 20.4. The van der Waals surface area contributed by atoms with Crippen molar-refractivity contribution in [1.29, 1.82) is 0 Å². The molecule has 0 atom stereocenters. The molecule has 2 aromatic carbocycles. The van der Waals surface area contributed by atoms with E-state index in [1.165, 1.54) is 11.1 Å². The molecular formula is C24H30N4O2. The minimum Gasteiger partial charge on any atom is -0.352 e. The molecule has 1 N–H and O–H groups in total. The van der Waals surface area contributed by atoms with Gasteiger partial charge in [-0.3, -0.25) is 18.8 Å². The predicted molar refractivity (Wildman–Crippen MR) is 120 cm³/mol. The van der Waals surface area contributed by atoms with Crippen LogP contribution in [0.25, 0.3) is 11.0 Å². The summed E-state index contributed by atoms with van der Waals surface area (Å²) < 4.78 is 3.18. The third-order valence-electron chi connectivity index (χ3n) is 6.45. The summed E-state index contributed by atoms with van der Waals surface area (Å²) in [6, 6.07) is 14.0. The van der Waals surface area contributed by atoms with Crippen LogP contribution in [-0.2, 0) is 20.6 Å². The number of carbonyl (C=O) groups is 1. The predicted octanol–water partition coefficient (Wildman–Crippen LogP) is 2.83. The smallest absolute Gasteiger partial charge is 0.328 e. The minimum absolute atomic E-state index is 0.0736. The quantitative estimate of drug-likeness (QED) is 0.709. The summed E-state index contributed by atoms with van der Waals surface area (Å²) in [6.07, 6.45) is 2.19. The Bertz CT molecular complexity index is 1120. The molecule has 0 aliphatic carbocycles. The lowest BCUT2D eigenvalue weighted by molar-refractivity contribution is 0.0935. The number of nitrogens with zero attached hydrogens (tertiary/aromatic N) is 3. The van der Waals surface area contributed by atoms with E-state index < -0.39 is 0 Å². The molecule has 158 valence electrons. The number of fused-ring (bicyclic) bond motifs is 1. The molecule has 0 saturated carbocycles. The Morgan fingerprint density at radius 2 is 1.73 bits per heavy atom. The maximum absolute atomic E-state index is 12.7. The standard InChI is InChI=1S/C24H30N4O2/c1-17-6-4-5-7-20(17)16-28-12-10-18(11-13-28)15-25-23(29)19-8-9-21-22(14-19)27(3)24(30)26(21)2/h4-9,14,18H,10-13,15-16H2,1-3H3,(H,25,29). The van der Waals surface area contributed by atoms with Gasteiger partial charge in [0.1, 0.15) is 0 Å². The number of hydrogen-bond donors (Lipinski definition) is 1. The molecule has 0 unspecified atom stereocenters. The van der Waals surface area contributed by atoms with Crippen LogP contribution in [0.2, 0.25) is 0 Å². The normalized spacial score (nSPS) is 15.6. The molecule has 30 heavy (non-hydrogen) atoms. The van der Waals surface area contributed by atoms with Crippen molar-refractivity contribution in [3.8, 4) is 0 Å². The fraction of sp³-hybridized carbons (Fsp3) is 0.417. The number of imidazole rings is 1. The minimum atomic E-state index is -0.0833. The van der Waals surface area contributed by atoms with Crippen LogP contribution in [0.5, 0.6) is 0 Å². The molecule has 2 heterocycles. The molecule has 1 aliphatic rings. The maximum atomic E-state index is 12.7. The molecule has 1 aromatic heterocycles. The Labute approximate surface area is 177 Å². The molecule has 1 fully saturated rings. The average Bonchev–Trinajstić information content (AvgIpc) is 2.98. The molecule has 4 rings (SSSR count). The second kappa shape index (κ2) is 8.48. The highest BCUT2D eigenvalue weighted by atomic mass is 16.2. The molecule has 6 heteroatoms. The van der Waals surface area contributed by atoms with Crippen LogP contribution in [0, 0.1) is 12.8 Å². The van der Waals surface area contributed by atoms with Gasteiger partial charge < -0.3 is 5.32 Å². The topological polar surface area (TPSA) is 59.3 Å². The van der Waals surface area contributed by atoms with Crippen molar-refractivity contribution < 1.29 is 4.79 Å². The summed E-state index contributed by atoms with van der Waals surface area (Å²) >= 11 is 0. The average molecular weight is 407 g/mol. The summed E-state index contributed by atoms with van der Waals surface area (Å²) in [6.45, 7) is 5.99. The number of aromatic nitrogens is 2. The molecule has 1 aliphatic heterocycles. The molecule has 0 spiro atoms. The van der Waals surface area contributed by atoms with Crippen LogP contribution in [0.15, 0.2) is 47.3 Å². The van der Waals surface area contributed by atoms with Gasteiger partial charge in [-0.05, 0) is 68.1 Å². The summed E-state index contributed by atoms with van der Waals surface area (Å²) in [5.74, 6) is 0.433. The number of piperidine rings is 1. The van der Waals surface area contributed by atoms with Gasteiger partial charge in [0.25, 0.3) is 5.91 Å². The van der Waals surface area contributed by atoms with Gasteiger partial charge in [0.05, 0.1) is 11.0 Å². The van der Waals surface area contributed by atoms with Gasteiger partial charge in [0.2, 0.25) is 0 Å². The van der Waals surface area contributed by atoms with Crippen molar-refractivity contribution in [3.05, 3.63) is 69.6 Å². The number of rotatable bonds is 5. The van der Waals surface area contributed by atoms with Crippen LogP contribution in [-0.4, -0.2) is 39.6 Å². The van der Waals surface area contributed by atoms with Gasteiger partial charge in [-0.1, -0.05) is 24.3 Å². The number of carbonyl (C=O) groups excluding carboxylic acids is 1. The van der Waals surface area contributed by atoms with E-state index >= 15 is 0 Å². The van der Waals surface area contributed by atoms with Gasteiger partial charge in [0.15, 0.2) is 0 Å². The monoisotopic (exact) mass is 406 g/mol. The third-order valence-corrected chi connectivity index (χ3v) is 6.45. The van der Waals surface area contributed by atoms with Crippen LogP contribution in [0.3, 0.4) is 0 Å². The highest BCUT2D eigenvalue weighted by molar-refractivity contribution is 5.97. The van der Waals surface area contributed by atoms with Gasteiger partial charge in [-0.15, -0.1) is 0 Å². The van der Waals surface area contributed by atoms with Gasteiger partial charge in [-0.25, -0.2) is 4.79 Å². The number of aryl methyl sites for hydroxylation is 3. The van der Waals surface area contributed by atoms with Gasteiger partial charge in [0, 0.05) is 32.7 Å². The SMILES string of the molecule is Cc1ccccc1CN1CCC(CNC(=O)c2ccc3c(c2)n(C)c(=O)n3C)CC1. The second-order valence-corrected chi connectivity index (χ2v) is 8.46. The fourth-order valence-corrected chi connectivity index (χ4v) is 4.36. The van der Waals surface area contributed by atoms with Gasteiger partial charge >= 0.3 is 5.69 Å². The van der Waals surface area contributed by atoms with E-state index in [2.05, 4.69) is 41.4 Å². The molecule has 1 amide bonds. The molecule has 3 aromatic rings. The zero-order valence-electron chi connectivity index (χ0n) is 18.0. The highest BCUT2D eigenvalue weighted by Crippen LogP contribution is 2.20. The molecule has 6 nitrogen and oxygen atoms in total. The lowest BCUT2D eigenvalue weighted by Crippen LogP contribution is -2.38. The maximum Gasteiger partial charge on any atom is 0.328 e. The lowest BCUT2D eigenvalue weighted by atomic mass is 9.96. The van der Waals surface area contributed by atoms with E-state index in [9.17, 15) is 9.59 Å². The number of nitrogens with one attached hydrogen (secondary N) is 1. The molecule has 1 saturated heterocycles. The highest BCUT2D eigenvalue weighted by Gasteiger charge is 2.20. The number of likely N-dealkylation sites (tertiary alicyclic amines) is 1. The first-order chi connectivity index (χ1) is 14.4. The number of amides is 1. The van der Waals surface area contributed by atoms with E-state index in [0.717, 1.165) is 43.5 Å². The second-order valence-electron chi connectivity index (χ2n) is 8.46. The van der Waals surface area contributed by atoms with Crippen molar-refractivity contribution >= 4 is 16.9 Å². The van der Waals surface area contributed by atoms with Gasteiger partial charge in [-0.2, -0.15) is 0 Å². The largest absolute Gasteiger partial charge is 0.352 e. The van der Waals surface area contributed by atoms with E-state index in [4.69, 9.17) is 0 Å². The van der Waals surface area contributed by atoms with E-state index in [0.29, 0.717) is 18.0 Å². The Balaban J connectivity index is 1.31. The first-order valence-corrected chi connectivity index (χ1v) is 10.6. The number of benzene rings is 2. The van der Waals surface area contributed by atoms with E-state index in [1.54, 1.807) is 35.4 Å². The summed E-state index contributed by atoms with van der Waals surface area (Å²) in [7, 11) is 3.48. The lowest BCUT2D eigenvalue weighted by Gasteiger charge is -2.32. The summed E-state index contributed by atoms with van der Waals surface area (Å²) in [5, 5.41) is 3.10. The number of hydrogen-bond acceptors (Lipinski definition) is 3. The Morgan fingerprint density at radius 1 is 1.03 bits per heavy atom. The molecule has 0 radical (unpaired) electrons. The summed E-state index contributed by atoms with van der Waals surface area (Å²) in [4.78, 5) is 27.2. The van der Waals surface area contributed by atoms with Crippen LogP contribution in [0.4, 0.5) is 0 Å². The Morgan fingerprint density at radius 3 is 2.47 bits per heavy atom. The van der Waals surface area contributed by atoms with Crippen molar-refractivity contribution in [3.63, 3.8) is 0 Å². The third kappa shape index (κ3) is 4.05. The molecule has 0 bridgehead atoms. The van der Waals surface area contributed by atoms with Crippen LogP contribution >= 0.6 is 0 Å². The van der Waals surface area contributed by atoms with Crippen molar-refractivity contribution in [2.45, 2.75) is 26.3 Å². The fourth-order valence-electron chi connectivity index (χ4n) is 4.36. The Hall–Kier alpha value is -2.86. The first-order valence-electron chi connectivity index (χ1n) is 10.6. The Kier molecular flexibility index (Phi) is 5.77. The van der Waals surface area contributed by atoms with Crippen molar-refractivity contribution in [2.24, 2.45) is 20.0 Å². The zero-order valence-corrected chi connectivity index (χ0v) is 18.0. The summed E-state index contributed by atoms with van der Waals surface area (Å²) in [5.41, 5.74) is 4.87. The van der Waals surface area contributed by atoms with Crippen LogP contribution in [0.1, 0.15) is 34.3 Å². The molecular weight excluding hydrogens is 376 g/mol.